The topological polar surface area (TPSA) is 52.6 Å². The normalized spacial score (nSPS) is 9.88. The van der Waals surface area contributed by atoms with Gasteiger partial charge in [0.1, 0.15) is 5.75 Å². The number of amides is 1. The van der Waals surface area contributed by atoms with Crippen molar-refractivity contribution in [3.8, 4) is 5.75 Å². The Hall–Kier alpha value is -1.71. The lowest BCUT2D eigenvalue weighted by molar-refractivity contribution is -0.118. The van der Waals surface area contributed by atoms with E-state index in [9.17, 15) is 9.90 Å². The maximum atomic E-state index is 10.6. The van der Waals surface area contributed by atoms with Gasteiger partial charge in [-0.2, -0.15) is 0 Å². The van der Waals surface area contributed by atoms with Crippen molar-refractivity contribution in [1.29, 1.82) is 0 Å². The average molecular weight is 222 g/mol. The van der Waals surface area contributed by atoms with E-state index in [0.29, 0.717) is 6.54 Å². The predicted molar refractivity (Wildman–Crippen MR) is 64.7 cm³/mol. The predicted octanol–water partition coefficient (Wildman–Crippen LogP) is 1.35. The number of anilines is 1. The molecule has 1 amide bonds. The maximum absolute atomic E-state index is 10.6. The highest BCUT2D eigenvalue weighted by Gasteiger charge is 2.01. The van der Waals surface area contributed by atoms with Gasteiger partial charge in [0.2, 0.25) is 5.91 Å². The largest absolute Gasteiger partial charge is 0.508 e. The Bertz CT molecular complexity index is 353. The van der Waals surface area contributed by atoms with Gasteiger partial charge < -0.3 is 15.3 Å². The minimum Gasteiger partial charge on any atom is -0.508 e. The fourth-order valence-corrected chi connectivity index (χ4v) is 1.44. The molecule has 0 unspecified atom stereocenters. The van der Waals surface area contributed by atoms with E-state index in [4.69, 9.17) is 0 Å². The molecule has 0 aromatic heterocycles. The summed E-state index contributed by atoms with van der Waals surface area (Å²) in [4.78, 5) is 12.7. The quantitative estimate of drug-likeness (QED) is 0.739. The Morgan fingerprint density at radius 1 is 1.50 bits per heavy atom. The van der Waals surface area contributed by atoms with Crippen LogP contribution < -0.4 is 10.2 Å². The monoisotopic (exact) mass is 222 g/mol. The first-order valence-electron chi connectivity index (χ1n) is 5.34. The molecule has 0 spiro atoms. The van der Waals surface area contributed by atoms with Crippen molar-refractivity contribution in [1.82, 2.24) is 5.32 Å². The first-order valence-corrected chi connectivity index (χ1v) is 5.34. The number of phenols is 1. The summed E-state index contributed by atoms with van der Waals surface area (Å²) < 4.78 is 0. The van der Waals surface area contributed by atoms with Crippen LogP contribution in [0.2, 0.25) is 0 Å². The van der Waals surface area contributed by atoms with Crippen molar-refractivity contribution in [2.75, 3.05) is 25.0 Å². The van der Waals surface area contributed by atoms with Crippen LogP contribution in [0.5, 0.6) is 5.75 Å². The zero-order valence-corrected chi connectivity index (χ0v) is 9.73. The van der Waals surface area contributed by atoms with Crippen LogP contribution in [-0.4, -0.2) is 31.2 Å². The molecule has 1 aromatic rings. The summed E-state index contributed by atoms with van der Waals surface area (Å²) in [6.45, 7) is 3.03. The van der Waals surface area contributed by atoms with Gasteiger partial charge in [-0.05, 0) is 18.6 Å². The smallest absolute Gasteiger partial charge is 0.216 e. The van der Waals surface area contributed by atoms with Gasteiger partial charge in [0.15, 0.2) is 0 Å². The molecule has 0 aliphatic rings. The van der Waals surface area contributed by atoms with Gasteiger partial charge in [0.25, 0.3) is 0 Å². The van der Waals surface area contributed by atoms with Gasteiger partial charge >= 0.3 is 0 Å². The fourth-order valence-electron chi connectivity index (χ4n) is 1.44. The number of aromatic hydroxyl groups is 1. The number of hydrogen-bond donors (Lipinski definition) is 2. The number of hydrogen-bond acceptors (Lipinski definition) is 3. The Balaban J connectivity index is 2.35. The zero-order chi connectivity index (χ0) is 12.0. The Labute approximate surface area is 95.9 Å². The third-order valence-electron chi connectivity index (χ3n) is 2.31. The van der Waals surface area contributed by atoms with Gasteiger partial charge in [0, 0.05) is 38.8 Å². The summed E-state index contributed by atoms with van der Waals surface area (Å²) in [6.07, 6.45) is 0.881. The average Bonchev–Trinajstić information content (AvgIpc) is 2.24. The van der Waals surface area contributed by atoms with Gasteiger partial charge in [-0.25, -0.2) is 0 Å². The lowest BCUT2D eigenvalue weighted by atomic mass is 10.2. The number of nitrogens with zero attached hydrogens (tertiary/aromatic N) is 1. The fraction of sp³-hybridized carbons (Fsp3) is 0.417. The lowest BCUT2D eigenvalue weighted by Gasteiger charge is -2.19. The van der Waals surface area contributed by atoms with Crippen LogP contribution in [0.1, 0.15) is 13.3 Å². The second-order valence-corrected chi connectivity index (χ2v) is 3.78. The number of carbonyl (C=O) groups is 1. The maximum Gasteiger partial charge on any atom is 0.216 e. The molecule has 0 aliphatic heterocycles. The van der Waals surface area contributed by atoms with E-state index in [1.807, 2.05) is 24.1 Å². The third-order valence-corrected chi connectivity index (χ3v) is 2.31. The molecule has 16 heavy (non-hydrogen) atoms. The molecular formula is C12H18N2O2. The van der Waals surface area contributed by atoms with Gasteiger partial charge in [-0.15, -0.1) is 0 Å². The molecule has 0 saturated carbocycles. The molecule has 0 heterocycles. The summed E-state index contributed by atoms with van der Waals surface area (Å²) in [5.41, 5.74) is 0.975. The molecule has 88 valence electrons. The highest BCUT2D eigenvalue weighted by atomic mass is 16.3. The lowest BCUT2D eigenvalue weighted by Crippen LogP contribution is -2.26. The zero-order valence-electron chi connectivity index (χ0n) is 9.73. The van der Waals surface area contributed by atoms with E-state index in [-0.39, 0.29) is 11.7 Å². The van der Waals surface area contributed by atoms with E-state index in [0.717, 1.165) is 18.7 Å². The van der Waals surface area contributed by atoms with Crippen LogP contribution in [0, 0.1) is 0 Å². The first kappa shape index (κ1) is 12.4. The molecule has 2 N–H and O–H groups in total. The van der Waals surface area contributed by atoms with Crippen molar-refractivity contribution in [3.63, 3.8) is 0 Å². The summed E-state index contributed by atoms with van der Waals surface area (Å²) in [5.74, 6) is 0.270. The minimum atomic E-state index is 0.00000798. The molecular weight excluding hydrogens is 204 g/mol. The van der Waals surface area contributed by atoms with Gasteiger partial charge in [-0.1, -0.05) is 6.07 Å². The molecule has 0 fully saturated rings. The van der Waals surface area contributed by atoms with Gasteiger partial charge in [0.05, 0.1) is 0 Å². The van der Waals surface area contributed by atoms with Crippen molar-refractivity contribution in [2.45, 2.75) is 13.3 Å². The van der Waals surface area contributed by atoms with E-state index in [1.54, 1.807) is 12.1 Å². The summed E-state index contributed by atoms with van der Waals surface area (Å²) in [5, 5.41) is 12.1. The Morgan fingerprint density at radius 3 is 2.88 bits per heavy atom. The van der Waals surface area contributed by atoms with Crippen LogP contribution in [0.15, 0.2) is 24.3 Å². The van der Waals surface area contributed by atoms with Crippen molar-refractivity contribution in [3.05, 3.63) is 24.3 Å². The molecule has 1 rings (SSSR count). The molecule has 0 radical (unpaired) electrons. The van der Waals surface area contributed by atoms with E-state index in [1.165, 1.54) is 6.92 Å². The van der Waals surface area contributed by atoms with Crippen LogP contribution in [0.4, 0.5) is 5.69 Å². The molecule has 0 aliphatic carbocycles. The highest BCUT2D eigenvalue weighted by molar-refractivity contribution is 5.72. The van der Waals surface area contributed by atoms with E-state index >= 15 is 0 Å². The van der Waals surface area contributed by atoms with Crippen molar-refractivity contribution >= 4 is 11.6 Å². The Morgan fingerprint density at radius 2 is 2.25 bits per heavy atom. The van der Waals surface area contributed by atoms with Crippen LogP contribution in [-0.2, 0) is 4.79 Å². The van der Waals surface area contributed by atoms with Crippen LogP contribution in [0.3, 0.4) is 0 Å². The van der Waals surface area contributed by atoms with Crippen LogP contribution in [0.25, 0.3) is 0 Å². The van der Waals surface area contributed by atoms with Gasteiger partial charge in [-0.3, -0.25) is 4.79 Å². The third kappa shape index (κ3) is 4.21. The molecule has 0 atom stereocenters. The number of nitrogens with one attached hydrogen (secondary N) is 1. The van der Waals surface area contributed by atoms with Crippen molar-refractivity contribution < 1.29 is 9.90 Å². The van der Waals surface area contributed by atoms with E-state index < -0.39 is 0 Å². The van der Waals surface area contributed by atoms with E-state index in [2.05, 4.69) is 5.32 Å². The first-order chi connectivity index (χ1) is 7.59. The second-order valence-electron chi connectivity index (χ2n) is 3.78. The minimum absolute atomic E-state index is 0.00000798. The molecule has 0 saturated heterocycles. The molecule has 4 nitrogen and oxygen atoms in total. The van der Waals surface area contributed by atoms with Crippen LogP contribution >= 0.6 is 0 Å². The summed E-state index contributed by atoms with van der Waals surface area (Å²) >= 11 is 0. The number of benzene rings is 1. The standard InChI is InChI=1S/C12H18N2O2/c1-10(15)13-7-4-8-14(2)11-5-3-6-12(16)9-11/h3,5-6,9,16H,4,7-8H2,1-2H3,(H,13,15). The summed E-state index contributed by atoms with van der Waals surface area (Å²) in [7, 11) is 1.96. The SMILES string of the molecule is CC(=O)NCCCN(C)c1cccc(O)c1. The second kappa shape index (κ2) is 6.00. The number of rotatable bonds is 5. The number of phenolic OH excluding ortho intramolecular Hbond substituents is 1. The Kier molecular flexibility index (Phi) is 4.64. The molecule has 4 heteroatoms. The molecule has 0 bridgehead atoms. The molecule has 1 aromatic carbocycles. The number of carbonyl (C=O) groups excluding carboxylic acids is 1. The van der Waals surface area contributed by atoms with Crippen molar-refractivity contribution in [2.24, 2.45) is 0 Å². The highest BCUT2D eigenvalue weighted by Crippen LogP contribution is 2.18. The summed E-state index contributed by atoms with van der Waals surface area (Å²) in [6, 6.07) is 7.13.